The highest BCUT2D eigenvalue weighted by Crippen LogP contribution is 2.67. The molecule has 0 N–H and O–H groups in total. The van der Waals surface area contributed by atoms with Crippen LogP contribution >= 0.6 is 0 Å². The lowest BCUT2D eigenvalue weighted by molar-refractivity contribution is -0.159. The van der Waals surface area contributed by atoms with E-state index in [1.807, 2.05) is 30.3 Å². The molecule has 0 heterocycles. The van der Waals surface area contributed by atoms with Crippen molar-refractivity contribution in [1.29, 1.82) is 0 Å². The van der Waals surface area contributed by atoms with E-state index in [1.54, 1.807) is 12.5 Å². The zero-order valence-electron chi connectivity index (χ0n) is 25.6. The van der Waals surface area contributed by atoms with Crippen LogP contribution in [0.25, 0.3) is 0 Å². The number of benzene rings is 1. The highest BCUT2D eigenvalue weighted by Gasteiger charge is 2.59. The molecule has 0 aliphatic heterocycles. The molecule has 1 aromatic rings. The average molecular weight is 535 g/mol. The normalized spacial score (nSPS) is 37.2. The zero-order chi connectivity index (χ0) is 27.8. The molecule has 3 nitrogen and oxygen atoms in total. The fourth-order valence-corrected chi connectivity index (χ4v) is 9.76. The van der Waals surface area contributed by atoms with E-state index in [9.17, 15) is 4.79 Å². The van der Waals surface area contributed by atoms with Crippen LogP contribution in [0.15, 0.2) is 42.0 Å². The lowest BCUT2D eigenvalue weighted by Gasteiger charge is -2.58. The van der Waals surface area contributed by atoms with Gasteiger partial charge in [-0.2, -0.15) is 0 Å². The Morgan fingerprint density at radius 3 is 2.46 bits per heavy atom. The van der Waals surface area contributed by atoms with Crippen molar-refractivity contribution in [2.75, 3.05) is 0 Å². The van der Waals surface area contributed by atoms with Crippen molar-refractivity contribution in [2.24, 2.45) is 46.3 Å². The Hall–Kier alpha value is -1.77. The second-order valence-electron chi connectivity index (χ2n) is 14.7. The summed E-state index contributed by atoms with van der Waals surface area (Å²) in [6.07, 6.45) is 16.1. The minimum atomic E-state index is -0.593. The number of allylic oxidation sites excluding steroid dienone is 1. The fourth-order valence-electron chi connectivity index (χ4n) is 9.76. The summed E-state index contributed by atoms with van der Waals surface area (Å²) >= 11 is 0. The van der Waals surface area contributed by atoms with E-state index in [0.717, 1.165) is 54.8 Å². The number of esters is 1. The largest absolute Gasteiger partial charge is 0.479 e. The molecule has 4 aliphatic carbocycles. The summed E-state index contributed by atoms with van der Waals surface area (Å²) in [5.74, 6) is 5.58. The number of fused-ring (bicyclic) bond motifs is 5. The van der Waals surface area contributed by atoms with Crippen LogP contribution in [0.2, 0.25) is 0 Å². The van der Waals surface area contributed by atoms with Crippen LogP contribution in [-0.2, 0) is 9.53 Å². The molecule has 0 unspecified atom stereocenters. The van der Waals surface area contributed by atoms with Crippen molar-refractivity contribution < 1.29 is 14.3 Å². The molecule has 0 radical (unpaired) electrons. The Morgan fingerprint density at radius 2 is 1.72 bits per heavy atom. The Morgan fingerprint density at radius 1 is 0.949 bits per heavy atom. The number of carbonyl (C=O) groups is 1. The van der Waals surface area contributed by atoms with Gasteiger partial charge in [0.1, 0.15) is 11.9 Å². The lowest BCUT2D eigenvalue weighted by atomic mass is 9.47. The van der Waals surface area contributed by atoms with E-state index in [-0.39, 0.29) is 17.5 Å². The molecule has 3 heteroatoms. The fraction of sp³-hybridized carbons (Fsp3) is 0.750. The minimum Gasteiger partial charge on any atom is -0.479 e. The monoisotopic (exact) mass is 534 g/mol. The third kappa shape index (κ3) is 5.71. The Balaban J connectivity index is 1.21. The van der Waals surface area contributed by atoms with Gasteiger partial charge in [0.05, 0.1) is 0 Å². The first-order valence-electron chi connectivity index (χ1n) is 16.2. The summed E-state index contributed by atoms with van der Waals surface area (Å²) in [4.78, 5) is 12.9. The second kappa shape index (κ2) is 11.6. The number of rotatable bonds is 9. The second-order valence-corrected chi connectivity index (χ2v) is 14.7. The van der Waals surface area contributed by atoms with Crippen LogP contribution in [0.5, 0.6) is 5.75 Å². The third-order valence-electron chi connectivity index (χ3n) is 11.9. The predicted octanol–water partition coefficient (Wildman–Crippen LogP) is 9.41. The highest BCUT2D eigenvalue weighted by molar-refractivity contribution is 5.74. The van der Waals surface area contributed by atoms with Crippen molar-refractivity contribution in [1.82, 2.24) is 0 Å². The van der Waals surface area contributed by atoms with Crippen LogP contribution in [0, 0.1) is 46.3 Å². The Kier molecular flexibility index (Phi) is 8.56. The first-order chi connectivity index (χ1) is 18.6. The molecule has 0 saturated heterocycles. The van der Waals surface area contributed by atoms with Crippen LogP contribution in [0.3, 0.4) is 0 Å². The van der Waals surface area contributed by atoms with Gasteiger partial charge in [-0.05, 0) is 110 Å². The standard InChI is InChI=1S/C36H54O3/c1-24(2)11-10-12-25(3)31-17-18-32-30-16-15-27-23-29(19-21-35(27,5)33(30)20-22-36(31,32)6)39-34(37)26(4)38-28-13-8-7-9-14-28/h7-9,13-15,24-26,29-33H,10-12,16-23H2,1-6H3/t25-,26+,29-,30-,31+,32-,33-,35-,36+/m0/s1. The van der Waals surface area contributed by atoms with Gasteiger partial charge in [-0.3, -0.25) is 0 Å². The molecule has 4 aliphatic rings. The summed E-state index contributed by atoms with van der Waals surface area (Å²) in [6, 6.07) is 9.56. The molecule has 0 aromatic heterocycles. The van der Waals surface area contributed by atoms with E-state index in [2.05, 4.69) is 40.7 Å². The van der Waals surface area contributed by atoms with Gasteiger partial charge in [0, 0.05) is 6.42 Å². The molecule has 1 aromatic carbocycles. The summed E-state index contributed by atoms with van der Waals surface area (Å²) in [7, 11) is 0. The lowest BCUT2D eigenvalue weighted by Crippen LogP contribution is -2.51. The van der Waals surface area contributed by atoms with E-state index >= 15 is 0 Å². The summed E-state index contributed by atoms with van der Waals surface area (Å²) in [5.41, 5.74) is 2.38. The minimum absolute atomic E-state index is 0.0217. The van der Waals surface area contributed by atoms with Crippen molar-refractivity contribution in [3.05, 3.63) is 42.0 Å². The van der Waals surface area contributed by atoms with E-state index in [1.165, 1.54) is 51.4 Å². The summed E-state index contributed by atoms with van der Waals surface area (Å²) in [5, 5.41) is 0. The van der Waals surface area contributed by atoms with Crippen LogP contribution < -0.4 is 4.74 Å². The maximum atomic E-state index is 12.9. The number of carbonyl (C=O) groups excluding carboxylic acids is 1. The SMILES string of the molecule is CC(C)CCC[C@H](C)[C@H]1CC[C@H]2[C@@H]3CC=C4C[C@@H](OC(=O)[C@@H](C)Oc5ccccc5)CC[C@]4(C)[C@H]3CC[C@]12C. The number of para-hydroxylation sites is 1. The van der Waals surface area contributed by atoms with Crippen molar-refractivity contribution >= 4 is 5.97 Å². The molecule has 3 fully saturated rings. The average Bonchev–Trinajstić information content (AvgIpc) is 3.26. The van der Waals surface area contributed by atoms with Crippen molar-refractivity contribution in [3.8, 4) is 5.75 Å². The molecule has 3 saturated carbocycles. The zero-order valence-corrected chi connectivity index (χ0v) is 25.6. The molecule has 0 spiro atoms. The van der Waals surface area contributed by atoms with Crippen molar-refractivity contribution in [3.63, 3.8) is 0 Å². The van der Waals surface area contributed by atoms with Gasteiger partial charge >= 0.3 is 5.97 Å². The third-order valence-corrected chi connectivity index (χ3v) is 11.9. The maximum absolute atomic E-state index is 12.9. The maximum Gasteiger partial charge on any atom is 0.347 e. The topological polar surface area (TPSA) is 35.5 Å². The molecule has 216 valence electrons. The van der Waals surface area contributed by atoms with Crippen LogP contribution in [0.4, 0.5) is 0 Å². The first kappa shape index (κ1) is 28.7. The molecule has 5 rings (SSSR count). The smallest absolute Gasteiger partial charge is 0.347 e. The van der Waals surface area contributed by atoms with Gasteiger partial charge in [0.15, 0.2) is 6.10 Å². The van der Waals surface area contributed by atoms with Gasteiger partial charge in [-0.1, -0.05) is 83.7 Å². The van der Waals surface area contributed by atoms with E-state index < -0.39 is 6.10 Å². The quantitative estimate of drug-likeness (QED) is 0.234. The van der Waals surface area contributed by atoms with Gasteiger partial charge < -0.3 is 9.47 Å². The molecule has 9 atom stereocenters. The summed E-state index contributed by atoms with van der Waals surface area (Å²) < 4.78 is 11.9. The van der Waals surface area contributed by atoms with E-state index in [4.69, 9.17) is 9.47 Å². The van der Waals surface area contributed by atoms with Crippen molar-refractivity contribution in [2.45, 2.75) is 124 Å². The van der Waals surface area contributed by atoms with Gasteiger partial charge in [0.2, 0.25) is 0 Å². The first-order valence-corrected chi connectivity index (χ1v) is 16.2. The predicted molar refractivity (Wildman–Crippen MR) is 159 cm³/mol. The Bertz CT molecular complexity index is 1010. The van der Waals surface area contributed by atoms with Crippen LogP contribution in [-0.4, -0.2) is 18.2 Å². The number of hydrogen-bond donors (Lipinski definition) is 0. The van der Waals surface area contributed by atoms with Gasteiger partial charge in [-0.15, -0.1) is 0 Å². The van der Waals surface area contributed by atoms with Gasteiger partial charge in [-0.25, -0.2) is 4.79 Å². The molecular formula is C36H54O3. The molecule has 0 bridgehead atoms. The van der Waals surface area contributed by atoms with Crippen LogP contribution in [0.1, 0.15) is 112 Å². The Labute approximate surface area is 238 Å². The number of ether oxygens (including phenoxy) is 2. The molecular weight excluding hydrogens is 480 g/mol. The summed E-state index contributed by atoms with van der Waals surface area (Å²) in [6.45, 7) is 14.3. The molecule has 39 heavy (non-hydrogen) atoms. The van der Waals surface area contributed by atoms with Gasteiger partial charge in [0.25, 0.3) is 0 Å². The van der Waals surface area contributed by atoms with E-state index in [0.29, 0.717) is 11.2 Å². The molecule has 0 amide bonds. The number of hydrogen-bond acceptors (Lipinski definition) is 3. The highest BCUT2D eigenvalue weighted by atomic mass is 16.6.